The lowest BCUT2D eigenvalue weighted by Gasteiger charge is -2.14. The number of Topliss-reactive ketones (excluding diaryl/α,β-unsaturated/α-hetero) is 1. The Bertz CT molecular complexity index is 227. The van der Waals surface area contributed by atoms with Gasteiger partial charge in [-0.2, -0.15) is 0 Å². The van der Waals surface area contributed by atoms with Crippen molar-refractivity contribution in [2.45, 2.75) is 45.1 Å². The molecule has 1 unspecified atom stereocenters. The highest BCUT2D eigenvalue weighted by Crippen LogP contribution is 2.16. The molecule has 0 aromatic heterocycles. The van der Waals surface area contributed by atoms with Crippen LogP contribution < -0.4 is 5.32 Å². The lowest BCUT2D eigenvalue weighted by molar-refractivity contribution is -0.126. The summed E-state index contributed by atoms with van der Waals surface area (Å²) >= 11 is 1.60. The van der Waals surface area contributed by atoms with Crippen molar-refractivity contribution in [3.63, 3.8) is 0 Å². The van der Waals surface area contributed by atoms with Crippen LogP contribution in [0.25, 0.3) is 0 Å². The van der Waals surface area contributed by atoms with Gasteiger partial charge in [0, 0.05) is 5.92 Å². The highest BCUT2D eigenvalue weighted by Gasteiger charge is 2.16. The molecule has 0 aromatic carbocycles. The first-order chi connectivity index (χ1) is 6.84. The molecule has 1 amide bonds. The number of hydrogen-bond donors (Lipinski definition) is 1. The molecule has 88 valence electrons. The molecule has 3 nitrogen and oxygen atoms in total. The molecule has 0 aromatic rings. The van der Waals surface area contributed by atoms with Gasteiger partial charge in [0.05, 0.1) is 11.8 Å². The van der Waals surface area contributed by atoms with E-state index in [4.69, 9.17) is 0 Å². The number of nitrogens with one attached hydrogen (secondary N) is 1. The molecule has 0 fully saturated rings. The third-order valence-corrected chi connectivity index (χ3v) is 3.09. The zero-order valence-corrected chi connectivity index (χ0v) is 11.0. The van der Waals surface area contributed by atoms with Crippen LogP contribution in [0, 0.1) is 5.92 Å². The van der Waals surface area contributed by atoms with Gasteiger partial charge in [-0.1, -0.05) is 27.7 Å². The summed E-state index contributed by atoms with van der Waals surface area (Å²) in [4.78, 5) is 22.8. The molecule has 0 aliphatic rings. The zero-order valence-electron chi connectivity index (χ0n) is 10.2. The van der Waals surface area contributed by atoms with Crippen molar-refractivity contribution in [2.24, 2.45) is 5.92 Å². The van der Waals surface area contributed by atoms with Crippen LogP contribution in [0.5, 0.6) is 0 Å². The fraction of sp³-hybridized carbons (Fsp3) is 0.818. The minimum absolute atomic E-state index is 0.0154. The Balaban J connectivity index is 3.88. The molecule has 0 rings (SSSR count). The van der Waals surface area contributed by atoms with Gasteiger partial charge in [0.2, 0.25) is 5.91 Å². The van der Waals surface area contributed by atoms with Crippen molar-refractivity contribution in [3.8, 4) is 0 Å². The van der Waals surface area contributed by atoms with E-state index in [9.17, 15) is 9.59 Å². The van der Waals surface area contributed by atoms with Gasteiger partial charge in [-0.25, -0.2) is 0 Å². The second-order valence-corrected chi connectivity index (χ2v) is 6.09. The summed E-state index contributed by atoms with van der Waals surface area (Å²) in [6.45, 7) is 9.78. The van der Waals surface area contributed by atoms with Gasteiger partial charge in [0.25, 0.3) is 0 Å². The van der Waals surface area contributed by atoms with Crippen LogP contribution in [0.4, 0.5) is 0 Å². The standard InChI is InChI=1S/C11H21NO2S/c1-7(2)10(13)6-12-11(14)9(5)15-8(3)4/h7-9H,6H2,1-5H3,(H,12,14). The maximum atomic E-state index is 11.5. The number of ketones is 1. The predicted octanol–water partition coefficient (Wildman–Crippen LogP) is 1.86. The van der Waals surface area contributed by atoms with Gasteiger partial charge in [-0.3, -0.25) is 9.59 Å². The molecular formula is C11H21NO2S. The number of thioether (sulfide) groups is 1. The third-order valence-electron chi connectivity index (χ3n) is 1.93. The van der Waals surface area contributed by atoms with E-state index >= 15 is 0 Å². The monoisotopic (exact) mass is 231 g/mol. The van der Waals surface area contributed by atoms with E-state index in [1.807, 2.05) is 34.6 Å². The molecule has 0 aliphatic carbocycles. The van der Waals surface area contributed by atoms with Crippen molar-refractivity contribution in [1.82, 2.24) is 5.32 Å². The fourth-order valence-electron chi connectivity index (χ4n) is 0.992. The first kappa shape index (κ1) is 14.5. The molecule has 0 spiro atoms. The van der Waals surface area contributed by atoms with Crippen LogP contribution >= 0.6 is 11.8 Å². The maximum absolute atomic E-state index is 11.5. The van der Waals surface area contributed by atoms with E-state index in [2.05, 4.69) is 5.32 Å². The second kappa shape index (κ2) is 6.88. The number of amides is 1. The van der Waals surface area contributed by atoms with Crippen LogP contribution in [0.1, 0.15) is 34.6 Å². The van der Waals surface area contributed by atoms with Crippen LogP contribution in [0.2, 0.25) is 0 Å². The number of carbonyl (C=O) groups excluding carboxylic acids is 2. The summed E-state index contributed by atoms with van der Waals surface area (Å²) < 4.78 is 0. The Morgan fingerprint density at radius 2 is 1.67 bits per heavy atom. The molecule has 1 atom stereocenters. The topological polar surface area (TPSA) is 46.2 Å². The minimum Gasteiger partial charge on any atom is -0.348 e. The van der Waals surface area contributed by atoms with Crippen LogP contribution in [-0.2, 0) is 9.59 Å². The minimum atomic E-state index is -0.0926. The van der Waals surface area contributed by atoms with E-state index in [0.717, 1.165) is 0 Å². The fourth-order valence-corrected chi connectivity index (χ4v) is 2.02. The normalized spacial score (nSPS) is 13.0. The number of carbonyl (C=O) groups is 2. The lowest BCUT2D eigenvalue weighted by atomic mass is 10.1. The summed E-state index contributed by atoms with van der Waals surface area (Å²) in [6.07, 6.45) is 0. The quantitative estimate of drug-likeness (QED) is 0.759. The average molecular weight is 231 g/mol. The molecule has 15 heavy (non-hydrogen) atoms. The zero-order chi connectivity index (χ0) is 12.0. The number of hydrogen-bond acceptors (Lipinski definition) is 3. The molecule has 1 N–H and O–H groups in total. The summed E-state index contributed by atoms with van der Waals surface area (Å²) in [5.74, 6) is 0.00570. The van der Waals surface area contributed by atoms with E-state index in [1.165, 1.54) is 0 Å². The largest absolute Gasteiger partial charge is 0.348 e. The van der Waals surface area contributed by atoms with Crippen LogP contribution in [0.15, 0.2) is 0 Å². The number of rotatable bonds is 6. The van der Waals surface area contributed by atoms with E-state index in [-0.39, 0.29) is 29.4 Å². The Hall–Kier alpha value is -0.510. The van der Waals surface area contributed by atoms with E-state index in [1.54, 1.807) is 11.8 Å². The van der Waals surface area contributed by atoms with E-state index in [0.29, 0.717) is 5.25 Å². The Kier molecular flexibility index (Phi) is 6.65. The highest BCUT2D eigenvalue weighted by atomic mass is 32.2. The van der Waals surface area contributed by atoms with Crippen molar-refractivity contribution >= 4 is 23.5 Å². The SMILES string of the molecule is CC(C)SC(C)C(=O)NCC(=O)C(C)C. The molecule has 0 heterocycles. The molecule has 4 heteroatoms. The Labute approximate surface area is 96.4 Å². The van der Waals surface area contributed by atoms with Gasteiger partial charge >= 0.3 is 0 Å². The van der Waals surface area contributed by atoms with Crippen molar-refractivity contribution < 1.29 is 9.59 Å². The smallest absolute Gasteiger partial charge is 0.233 e. The van der Waals surface area contributed by atoms with Crippen LogP contribution in [0.3, 0.4) is 0 Å². The third kappa shape index (κ3) is 6.55. The van der Waals surface area contributed by atoms with Gasteiger partial charge < -0.3 is 5.32 Å². The van der Waals surface area contributed by atoms with Crippen molar-refractivity contribution in [3.05, 3.63) is 0 Å². The maximum Gasteiger partial charge on any atom is 0.233 e. The first-order valence-electron chi connectivity index (χ1n) is 5.30. The predicted molar refractivity (Wildman–Crippen MR) is 65.0 cm³/mol. The summed E-state index contributed by atoms with van der Waals surface area (Å²) in [5, 5.41) is 2.99. The van der Waals surface area contributed by atoms with Crippen LogP contribution in [-0.4, -0.2) is 28.7 Å². The molecule has 0 aliphatic heterocycles. The molecule has 0 saturated heterocycles. The average Bonchev–Trinajstić information content (AvgIpc) is 2.12. The first-order valence-corrected chi connectivity index (χ1v) is 6.24. The van der Waals surface area contributed by atoms with E-state index < -0.39 is 0 Å². The lowest BCUT2D eigenvalue weighted by Crippen LogP contribution is -2.36. The molecule has 0 radical (unpaired) electrons. The van der Waals surface area contributed by atoms with Crippen molar-refractivity contribution in [2.75, 3.05) is 6.54 Å². The van der Waals surface area contributed by atoms with Crippen molar-refractivity contribution in [1.29, 1.82) is 0 Å². The van der Waals surface area contributed by atoms with Gasteiger partial charge in [-0.15, -0.1) is 11.8 Å². The van der Waals surface area contributed by atoms with Gasteiger partial charge in [0.15, 0.2) is 5.78 Å². The second-order valence-electron chi connectivity index (χ2n) is 4.17. The summed E-state index contributed by atoms with van der Waals surface area (Å²) in [7, 11) is 0. The molecule has 0 saturated carbocycles. The van der Waals surface area contributed by atoms with Gasteiger partial charge in [-0.05, 0) is 12.2 Å². The van der Waals surface area contributed by atoms with Gasteiger partial charge in [0.1, 0.15) is 0 Å². The summed E-state index contributed by atoms with van der Waals surface area (Å²) in [5.41, 5.74) is 0. The Morgan fingerprint density at radius 1 is 1.13 bits per heavy atom. The molecular weight excluding hydrogens is 210 g/mol. The summed E-state index contributed by atoms with van der Waals surface area (Å²) in [6, 6.07) is 0. The highest BCUT2D eigenvalue weighted by molar-refractivity contribution is 8.01. The molecule has 0 bridgehead atoms. The Morgan fingerprint density at radius 3 is 2.07 bits per heavy atom.